The van der Waals surface area contributed by atoms with E-state index in [1.807, 2.05) is 4.90 Å². The fourth-order valence-corrected chi connectivity index (χ4v) is 5.47. The first-order valence-electron chi connectivity index (χ1n) is 10.1. The molecular formula is C21H22N4O5S2. The van der Waals surface area contributed by atoms with Crippen molar-refractivity contribution in [2.45, 2.75) is 24.7 Å². The molecule has 0 spiro atoms. The highest BCUT2D eigenvalue weighted by Gasteiger charge is 2.25. The summed E-state index contributed by atoms with van der Waals surface area (Å²) in [7, 11) is -3.36. The average Bonchev–Trinajstić information content (AvgIpc) is 3.14. The first-order valence-corrected chi connectivity index (χ1v) is 12.8. The molecule has 11 heteroatoms. The van der Waals surface area contributed by atoms with Crippen LogP contribution in [-0.4, -0.2) is 43.6 Å². The monoisotopic (exact) mass is 474 g/mol. The minimum absolute atomic E-state index is 0.103. The van der Waals surface area contributed by atoms with E-state index in [0.29, 0.717) is 21.8 Å². The van der Waals surface area contributed by atoms with E-state index in [-0.39, 0.29) is 21.3 Å². The fraction of sp³-hybridized carbons (Fsp3) is 0.333. The highest BCUT2D eigenvalue weighted by molar-refractivity contribution is 7.90. The molecule has 1 N–H and O–H groups in total. The van der Waals surface area contributed by atoms with Crippen molar-refractivity contribution >= 4 is 53.8 Å². The van der Waals surface area contributed by atoms with Gasteiger partial charge < -0.3 is 4.90 Å². The Labute approximate surface area is 189 Å². The van der Waals surface area contributed by atoms with Crippen molar-refractivity contribution in [3.05, 3.63) is 52.1 Å². The SMILES string of the molecule is CC1CCCN(c2ccc(C(=O)Nc3nc4ccc(S(C)(=O)=O)cc4s3)cc2[N+](=O)[O-])C1. The van der Waals surface area contributed by atoms with Gasteiger partial charge in [0.25, 0.3) is 11.6 Å². The maximum absolute atomic E-state index is 12.8. The van der Waals surface area contributed by atoms with Gasteiger partial charge >= 0.3 is 0 Å². The van der Waals surface area contributed by atoms with Gasteiger partial charge in [0.1, 0.15) is 5.69 Å². The Kier molecular flexibility index (Phi) is 5.87. The standard InChI is InChI=1S/C21H22N4O5S2/c1-13-4-3-9-24(12-13)17-8-5-14(10-18(17)25(27)28)20(26)23-21-22-16-7-6-15(32(2,29)30)11-19(16)31-21/h5-8,10-11,13H,3-4,9,12H2,1-2H3,(H,22,23,26). The molecule has 2 aromatic carbocycles. The quantitative estimate of drug-likeness (QED) is 0.436. The number of nitro groups is 1. The Hall–Kier alpha value is -3.05. The zero-order valence-corrected chi connectivity index (χ0v) is 19.2. The number of aromatic nitrogens is 1. The molecule has 168 valence electrons. The zero-order valence-electron chi connectivity index (χ0n) is 17.6. The summed E-state index contributed by atoms with van der Waals surface area (Å²) < 4.78 is 24.1. The maximum Gasteiger partial charge on any atom is 0.293 e. The van der Waals surface area contributed by atoms with Gasteiger partial charge in [-0.15, -0.1) is 0 Å². The van der Waals surface area contributed by atoms with Crippen molar-refractivity contribution in [2.24, 2.45) is 5.92 Å². The van der Waals surface area contributed by atoms with Crippen LogP contribution < -0.4 is 10.2 Å². The average molecular weight is 475 g/mol. The zero-order chi connectivity index (χ0) is 23.0. The van der Waals surface area contributed by atoms with Crippen LogP contribution in [0.5, 0.6) is 0 Å². The van der Waals surface area contributed by atoms with Crippen LogP contribution >= 0.6 is 11.3 Å². The van der Waals surface area contributed by atoms with E-state index >= 15 is 0 Å². The summed E-state index contributed by atoms with van der Waals surface area (Å²) in [6, 6.07) is 9.05. The smallest absolute Gasteiger partial charge is 0.293 e. The van der Waals surface area contributed by atoms with Gasteiger partial charge in [-0.1, -0.05) is 18.3 Å². The molecule has 1 fully saturated rings. The number of hydrogen-bond acceptors (Lipinski definition) is 8. The molecule has 0 radical (unpaired) electrons. The van der Waals surface area contributed by atoms with Crippen molar-refractivity contribution in [1.29, 1.82) is 0 Å². The number of anilines is 2. The molecule has 9 nitrogen and oxygen atoms in total. The number of nitrogens with zero attached hydrogens (tertiary/aromatic N) is 3. The lowest BCUT2D eigenvalue weighted by Crippen LogP contribution is -2.34. The number of carbonyl (C=O) groups excluding carboxylic acids is 1. The van der Waals surface area contributed by atoms with Gasteiger partial charge in [-0.05, 0) is 49.1 Å². The molecule has 1 amide bonds. The molecule has 4 rings (SSSR count). The predicted molar refractivity (Wildman–Crippen MR) is 124 cm³/mol. The summed E-state index contributed by atoms with van der Waals surface area (Å²) in [4.78, 5) is 30.5. The van der Waals surface area contributed by atoms with Crippen LogP contribution in [-0.2, 0) is 9.84 Å². The normalized spacial score (nSPS) is 16.8. The summed E-state index contributed by atoms with van der Waals surface area (Å²) in [6.45, 7) is 3.61. The van der Waals surface area contributed by atoms with Crippen LogP contribution in [0.1, 0.15) is 30.1 Å². The molecule has 1 aliphatic rings. The summed E-state index contributed by atoms with van der Waals surface area (Å²) in [5.41, 5.74) is 1.13. The van der Waals surface area contributed by atoms with Crippen LogP contribution in [0.15, 0.2) is 41.3 Å². The summed E-state index contributed by atoms with van der Waals surface area (Å²) in [5, 5.41) is 14.6. The largest absolute Gasteiger partial charge is 0.366 e. The molecule has 0 bridgehead atoms. The first-order chi connectivity index (χ1) is 15.1. The molecule has 0 saturated carbocycles. The van der Waals surface area contributed by atoms with Gasteiger partial charge in [0.2, 0.25) is 0 Å². The minimum Gasteiger partial charge on any atom is -0.366 e. The number of piperidine rings is 1. The Morgan fingerprint density at radius 3 is 2.75 bits per heavy atom. The lowest BCUT2D eigenvalue weighted by molar-refractivity contribution is -0.384. The van der Waals surface area contributed by atoms with Crippen molar-refractivity contribution in [3.8, 4) is 0 Å². The summed E-state index contributed by atoms with van der Waals surface area (Å²) in [6.07, 6.45) is 3.19. The lowest BCUT2D eigenvalue weighted by Gasteiger charge is -2.32. The van der Waals surface area contributed by atoms with Gasteiger partial charge in [-0.3, -0.25) is 20.2 Å². The minimum atomic E-state index is -3.36. The predicted octanol–water partition coefficient (Wildman–Crippen LogP) is 4.10. The second-order valence-corrected chi connectivity index (χ2v) is 11.1. The Morgan fingerprint density at radius 1 is 1.28 bits per heavy atom. The Balaban J connectivity index is 1.59. The summed E-state index contributed by atoms with van der Waals surface area (Å²) >= 11 is 1.14. The van der Waals surface area contributed by atoms with Crippen LogP contribution in [0, 0.1) is 16.0 Å². The van der Waals surface area contributed by atoms with Gasteiger partial charge in [-0.2, -0.15) is 0 Å². The third-order valence-electron chi connectivity index (χ3n) is 5.44. The van der Waals surface area contributed by atoms with Crippen LogP contribution in [0.4, 0.5) is 16.5 Å². The van der Waals surface area contributed by atoms with E-state index in [1.54, 1.807) is 18.2 Å². The number of nitrogens with one attached hydrogen (secondary N) is 1. The number of benzene rings is 2. The molecule has 1 saturated heterocycles. The molecular weight excluding hydrogens is 452 g/mol. The van der Waals surface area contributed by atoms with Crippen molar-refractivity contribution < 1.29 is 18.1 Å². The van der Waals surface area contributed by atoms with Gasteiger partial charge in [-0.25, -0.2) is 13.4 Å². The number of hydrogen-bond donors (Lipinski definition) is 1. The maximum atomic E-state index is 12.8. The molecule has 1 unspecified atom stereocenters. The molecule has 0 aliphatic carbocycles. The van der Waals surface area contributed by atoms with Gasteiger partial charge in [0.15, 0.2) is 15.0 Å². The highest BCUT2D eigenvalue weighted by Crippen LogP contribution is 2.33. The molecule has 32 heavy (non-hydrogen) atoms. The highest BCUT2D eigenvalue weighted by atomic mass is 32.2. The van der Waals surface area contributed by atoms with Crippen LogP contribution in [0.2, 0.25) is 0 Å². The number of sulfone groups is 1. The van der Waals surface area contributed by atoms with E-state index in [2.05, 4.69) is 17.2 Å². The van der Waals surface area contributed by atoms with E-state index in [1.165, 1.54) is 18.2 Å². The number of fused-ring (bicyclic) bond motifs is 1. The molecule has 1 aliphatic heterocycles. The molecule has 2 heterocycles. The molecule has 3 aromatic rings. The Morgan fingerprint density at radius 2 is 2.06 bits per heavy atom. The van der Waals surface area contributed by atoms with Crippen molar-refractivity contribution in [3.63, 3.8) is 0 Å². The first kappa shape index (κ1) is 22.2. The van der Waals surface area contributed by atoms with Gasteiger partial charge in [0.05, 0.1) is 20.0 Å². The molecule has 1 aromatic heterocycles. The van der Waals surface area contributed by atoms with Crippen molar-refractivity contribution in [2.75, 3.05) is 29.6 Å². The fourth-order valence-electron chi connectivity index (χ4n) is 3.84. The lowest BCUT2D eigenvalue weighted by atomic mass is 9.99. The second-order valence-electron chi connectivity index (χ2n) is 8.03. The number of amides is 1. The second kappa shape index (κ2) is 8.47. The van der Waals surface area contributed by atoms with E-state index in [9.17, 15) is 23.3 Å². The third-order valence-corrected chi connectivity index (χ3v) is 7.48. The van der Waals surface area contributed by atoms with E-state index in [0.717, 1.165) is 43.5 Å². The number of nitro benzene ring substituents is 1. The summed E-state index contributed by atoms with van der Waals surface area (Å²) in [5.74, 6) is -0.0670. The van der Waals surface area contributed by atoms with Gasteiger partial charge in [0, 0.05) is 31.0 Å². The van der Waals surface area contributed by atoms with E-state index < -0.39 is 20.7 Å². The number of rotatable bonds is 5. The number of carbonyl (C=O) groups is 1. The van der Waals surface area contributed by atoms with Crippen LogP contribution in [0.3, 0.4) is 0 Å². The Bertz CT molecular complexity index is 1320. The molecule has 1 atom stereocenters. The van der Waals surface area contributed by atoms with Crippen molar-refractivity contribution in [1.82, 2.24) is 4.98 Å². The van der Waals surface area contributed by atoms with E-state index in [4.69, 9.17) is 0 Å². The van der Waals surface area contributed by atoms with Crippen LogP contribution in [0.25, 0.3) is 10.2 Å². The third kappa shape index (κ3) is 4.58. The topological polar surface area (TPSA) is 123 Å². The number of thiazole rings is 1.